The number of carbonyl (C=O) groups is 3. The van der Waals surface area contributed by atoms with E-state index in [1.807, 2.05) is 18.2 Å². The molecule has 0 aromatic heterocycles. The molecule has 0 bridgehead atoms. The smallest absolute Gasteiger partial charge is 0.414 e. The lowest BCUT2D eigenvalue weighted by atomic mass is 10.0. The first-order valence-corrected chi connectivity index (χ1v) is 7.11. The molecule has 0 heterocycles. The number of methoxy groups -OCH3 is 1. The van der Waals surface area contributed by atoms with Gasteiger partial charge in [0.1, 0.15) is 5.75 Å². The molecule has 0 saturated carbocycles. The summed E-state index contributed by atoms with van der Waals surface area (Å²) in [5.74, 6) is -2.78. The number of aliphatic carboxylic acids is 2. The van der Waals surface area contributed by atoms with Crippen LogP contribution in [-0.4, -0.2) is 41.7 Å². The SMILES string of the molecule is COc1ccc2cccc(CCNC(C)=O)c2c1.O=C(O)C(=O)O. The van der Waals surface area contributed by atoms with Crippen molar-refractivity contribution in [2.24, 2.45) is 0 Å². The molecule has 7 nitrogen and oxygen atoms in total. The second kappa shape index (κ2) is 9.14. The van der Waals surface area contributed by atoms with Crippen LogP contribution in [0, 0.1) is 0 Å². The fraction of sp³-hybridized carbons (Fsp3) is 0.235. The Bertz CT molecular complexity index is 729. The predicted molar refractivity (Wildman–Crippen MR) is 88.2 cm³/mol. The van der Waals surface area contributed by atoms with E-state index in [1.54, 1.807) is 7.11 Å². The van der Waals surface area contributed by atoms with Crippen molar-refractivity contribution in [1.29, 1.82) is 0 Å². The fourth-order valence-electron chi connectivity index (χ4n) is 2.03. The summed E-state index contributed by atoms with van der Waals surface area (Å²) in [5.41, 5.74) is 1.22. The van der Waals surface area contributed by atoms with E-state index in [-0.39, 0.29) is 5.91 Å². The zero-order valence-corrected chi connectivity index (χ0v) is 13.4. The summed E-state index contributed by atoms with van der Waals surface area (Å²) in [6.45, 7) is 2.19. The number of carboxylic acids is 2. The molecule has 128 valence electrons. The first-order chi connectivity index (χ1) is 11.3. The van der Waals surface area contributed by atoms with E-state index in [0.29, 0.717) is 6.54 Å². The van der Waals surface area contributed by atoms with Crippen LogP contribution in [0.4, 0.5) is 0 Å². The van der Waals surface area contributed by atoms with Gasteiger partial charge in [-0.1, -0.05) is 24.3 Å². The summed E-state index contributed by atoms with van der Waals surface area (Å²) in [5, 5.41) is 20.0. The second-order valence-electron chi connectivity index (χ2n) is 4.85. The quantitative estimate of drug-likeness (QED) is 0.734. The van der Waals surface area contributed by atoms with Gasteiger partial charge in [-0.3, -0.25) is 4.79 Å². The third-order valence-electron chi connectivity index (χ3n) is 3.13. The van der Waals surface area contributed by atoms with Crippen LogP contribution in [0.25, 0.3) is 10.8 Å². The van der Waals surface area contributed by atoms with Crippen LogP contribution in [0.5, 0.6) is 5.75 Å². The van der Waals surface area contributed by atoms with Gasteiger partial charge in [0.2, 0.25) is 5.91 Å². The maximum absolute atomic E-state index is 10.9. The van der Waals surface area contributed by atoms with E-state index in [2.05, 4.69) is 23.5 Å². The zero-order chi connectivity index (χ0) is 18.1. The summed E-state index contributed by atoms with van der Waals surface area (Å²) in [4.78, 5) is 29.1. The first-order valence-electron chi connectivity index (χ1n) is 7.11. The summed E-state index contributed by atoms with van der Waals surface area (Å²) in [6.07, 6.45) is 0.823. The summed E-state index contributed by atoms with van der Waals surface area (Å²) >= 11 is 0. The molecule has 0 aliphatic heterocycles. The van der Waals surface area contributed by atoms with E-state index in [9.17, 15) is 4.79 Å². The van der Waals surface area contributed by atoms with Crippen molar-refractivity contribution < 1.29 is 29.3 Å². The number of carboxylic acid groups (broad SMARTS) is 2. The Morgan fingerprint density at radius 3 is 2.29 bits per heavy atom. The molecule has 0 fully saturated rings. The molecule has 0 aliphatic carbocycles. The van der Waals surface area contributed by atoms with Gasteiger partial charge in [0.05, 0.1) is 7.11 Å². The average molecular weight is 333 g/mol. The number of nitrogens with one attached hydrogen (secondary N) is 1. The summed E-state index contributed by atoms with van der Waals surface area (Å²) in [6, 6.07) is 12.3. The molecule has 3 N–H and O–H groups in total. The monoisotopic (exact) mass is 333 g/mol. The number of hydrogen-bond donors (Lipinski definition) is 3. The molecule has 1 amide bonds. The number of hydrogen-bond acceptors (Lipinski definition) is 4. The third kappa shape index (κ3) is 5.96. The molecule has 7 heteroatoms. The van der Waals surface area contributed by atoms with Crippen LogP contribution in [0.2, 0.25) is 0 Å². The lowest BCUT2D eigenvalue weighted by molar-refractivity contribution is -0.159. The minimum Gasteiger partial charge on any atom is -0.497 e. The third-order valence-corrected chi connectivity index (χ3v) is 3.13. The Morgan fingerprint density at radius 1 is 1.08 bits per heavy atom. The largest absolute Gasteiger partial charge is 0.497 e. The highest BCUT2D eigenvalue weighted by atomic mass is 16.5. The zero-order valence-electron chi connectivity index (χ0n) is 13.4. The molecular formula is C17H19NO6. The number of rotatable bonds is 4. The van der Waals surface area contributed by atoms with Gasteiger partial charge in [-0.05, 0) is 34.9 Å². The second-order valence-corrected chi connectivity index (χ2v) is 4.85. The highest BCUT2D eigenvalue weighted by Crippen LogP contribution is 2.24. The van der Waals surface area contributed by atoms with Crippen LogP contribution in [-0.2, 0) is 20.8 Å². The lowest BCUT2D eigenvalue weighted by Gasteiger charge is -2.08. The summed E-state index contributed by atoms with van der Waals surface area (Å²) < 4.78 is 5.25. The van der Waals surface area contributed by atoms with Crippen LogP contribution in [0.1, 0.15) is 12.5 Å². The number of fused-ring (bicyclic) bond motifs is 1. The molecule has 0 atom stereocenters. The Labute approximate surface area is 138 Å². The summed E-state index contributed by atoms with van der Waals surface area (Å²) in [7, 11) is 1.67. The van der Waals surface area contributed by atoms with E-state index >= 15 is 0 Å². The normalized spacial score (nSPS) is 9.58. The van der Waals surface area contributed by atoms with E-state index < -0.39 is 11.9 Å². The molecule has 0 unspecified atom stereocenters. The Morgan fingerprint density at radius 2 is 1.75 bits per heavy atom. The molecular weight excluding hydrogens is 314 g/mol. The van der Waals surface area contributed by atoms with Crippen molar-refractivity contribution in [3.05, 3.63) is 42.0 Å². The maximum Gasteiger partial charge on any atom is 0.414 e. The minimum absolute atomic E-state index is 0.00724. The van der Waals surface area contributed by atoms with Crippen molar-refractivity contribution in [1.82, 2.24) is 5.32 Å². The van der Waals surface area contributed by atoms with Crippen molar-refractivity contribution in [3.8, 4) is 5.75 Å². The molecule has 0 aliphatic rings. The van der Waals surface area contributed by atoms with Crippen molar-refractivity contribution in [2.75, 3.05) is 13.7 Å². The molecule has 2 aromatic rings. The van der Waals surface area contributed by atoms with Gasteiger partial charge >= 0.3 is 11.9 Å². The van der Waals surface area contributed by atoms with Crippen LogP contribution in [0.15, 0.2) is 36.4 Å². The van der Waals surface area contributed by atoms with Gasteiger partial charge in [0, 0.05) is 13.5 Å². The average Bonchev–Trinajstić information content (AvgIpc) is 2.54. The molecule has 2 rings (SSSR count). The topological polar surface area (TPSA) is 113 Å². The Hall–Kier alpha value is -3.09. The lowest BCUT2D eigenvalue weighted by Crippen LogP contribution is -2.22. The van der Waals surface area contributed by atoms with E-state index in [1.165, 1.54) is 23.3 Å². The van der Waals surface area contributed by atoms with Gasteiger partial charge in [-0.2, -0.15) is 0 Å². The standard InChI is InChI=1S/C15H17NO2.C2H2O4/c1-11(17)16-9-8-13-5-3-4-12-6-7-14(18-2)10-15(12)13;3-1(4)2(5)6/h3-7,10H,8-9H2,1-2H3,(H,16,17);(H,3,4)(H,5,6). The highest BCUT2D eigenvalue weighted by Gasteiger charge is 2.04. The maximum atomic E-state index is 10.9. The van der Waals surface area contributed by atoms with Crippen LogP contribution >= 0.6 is 0 Å². The molecule has 0 spiro atoms. The van der Waals surface area contributed by atoms with Crippen molar-refractivity contribution in [2.45, 2.75) is 13.3 Å². The van der Waals surface area contributed by atoms with Crippen LogP contribution < -0.4 is 10.1 Å². The van der Waals surface area contributed by atoms with Gasteiger partial charge < -0.3 is 20.3 Å². The van der Waals surface area contributed by atoms with Gasteiger partial charge in [0.25, 0.3) is 0 Å². The van der Waals surface area contributed by atoms with Crippen LogP contribution in [0.3, 0.4) is 0 Å². The Balaban J connectivity index is 0.000000413. The number of amides is 1. The Kier molecular flexibility index (Phi) is 7.22. The van der Waals surface area contributed by atoms with Crippen molar-refractivity contribution in [3.63, 3.8) is 0 Å². The number of carbonyl (C=O) groups excluding carboxylic acids is 1. The molecule has 0 radical (unpaired) electrons. The van der Waals surface area contributed by atoms with E-state index in [4.69, 9.17) is 24.5 Å². The minimum atomic E-state index is -1.82. The van der Waals surface area contributed by atoms with Gasteiger partial charge in [0.15, 0.2) is 0 Å². The number of ether oxygens (including phenoxy) is 1. The van der Waals surface area contributed by atoms with E-state index in [0.717, 1.165) is 12.2 Å². The fourth-order valence-corrected chi connectivity index (χ4v) is 2.03. The highest BCUT2D eigenvalue weighted by molar-refractivity contribution is 6.27. The molecule has 24 heavy (non-hydrogen) atoms. The predicted octanol–water partition coefficient (Wildman–Crippen LogP) is 1.68. The molecule has 0 saturated heterocycles. The first kappa shape index (κ1) is 19.0. The number of benzene rings is 2. The van der Waals surface area contributed by atoms with Crippen molar-refractivity contribution >= 4 is 28.6 Å². The molecule has 2 aromatic carbocycles. The van der Waals surface area contributed by atoms with Gasteiger partial charge in [-0.15, -0.1) is 0 Å². The van der Waals surface area contributed by atoms with Gasteiger partial charge in [-0.25, -0.2) is 9.59 Å².